The molecule has 20 heavy (non-hydrogen) atoms. The summed E-state index contributed by atoms with van der Waals surface area (Å²) >= 11 is 0. The minimum Gasteiger partial charge on any atom is -0.468 e. The van der Waals surface area contributed by atoms with E-state index in [0.717, 1.165) is 6.08 Å². The van der Waals surface area contributed by atoms with E-state index in [1.807, 2.05) is 0 Å². The van der Waals surface area contributed by atoms with Gasteiger partial charge < -0.3 is 15.0 Å². The smallest absolute Gasteiger partial charge is 0.442 e. The third-order valence-corrected chi connectivity index (χ3v) is 2.68. The predicted molar refractivity (Wildman–Crippen MR) is 66.6 cm³/mol. The lowest BCUT2D eigenvalue weighted by molar-refractivity contribution is -0.146. The molecule has 0 bridgehead atoms. The number of hydrogen-bond donors (Lipinski definition) is 2. The molecular weight excluding hydrogens is 273 g/mol. The number of aromatic nitrogens is 2. The van der Waals surface area contributed by atoms with Crippen LogP contribution in [-0.2, 0) is 16.1 Å². The minimum atomic E-state index is -1.23. The maximum absolute atomic E-state index is 13.5. The number of aromatic amines is 1. The molecule has 1 aromatic heterocycles. The third kappa shape index (κ3) is 3.92. The number of ether oxygens (including phenoxy) is 1. The zero-order chi connectivity index (χ0) is 15.3. The molecule has 1 unspecified atom stereocenters. The average molecular weight is 289 g/mol. The zero-order valence-corrected chi connectivity index (χ0v) is 11.1. The van der Waals surface area contributed by atoms with Crippen LogP contribution >= 0.6 is 0 Å². The van der Waals surface area contributed by atoms with Gasteiger partial charge in [0.15, 0.2) is 0 Å². The van der Waals surface area contributed by atoms with Gasteiger partial charge >= 0.3 is 17.4 Å². The summed E-state index contributed by atoms with van der Waals surface area (Å²) < 4.78 is 22.8. The number of halogens is 1. The van der Waals surface area contributed by atoms with Crippen LogP contribution < -0.4 is 17.2 Å². The first-order chi connectivity index (χ1) is 9.27. The van der Waals surface area contributed by atoms with Crippen molar-refractivity contribution < 1.29 is 18.4 Å². The highest BCUT2D eigenvalue weighted by Crippen LogP contribution is 2.13. The van der Waals surface area contributed by atoms with Gasteiger partial charge in [0.2, 0.25) is 0 Å². The van der Waals surface area contributed by atoms with Crippen LogP contribution in [0.1, 0.15) is 19.8 Å². The summed E-state index contributed by atoms with van der Waals surface area (Å²) in [6.45, 7) is 0.931. The van der Waals surface area contributed by atoms with Crippen LogP contribution in [-0.4, -0.2) is 28.3 Å². The van der Waals surface area contributed by atoms with E-state index in [1.54, 1.807) is 5.16 Å². The Morgan fingerprint density at radius 2 is 2.25 bits per heavy atom. The van der Waals surface area contributed by atoms with Crippen molar-refractivity contribution in [3.63, 3.8) is 0 Å². The number of rotatable bonds is 6. The van der Waals surface area contributed by atoms with Gasteiger partial charge in [-0.15, -0.1) is 0 Å². The van der Waals surface area contributed by atoms with Gasteiger partial charge in [0.1, 0.15) is 11.4 Å². The molecule has 0 spiro atoms. The predicted octanol–water partition coefficient (Wildman–Crippen LogP) is -0.346. The first-order valence-corrected chi connectivity index (χ1v) is 5.78. The van der Waals surface area contributed by atoms with Crippen molar-refractivity contribution in [3.8, 4) is 0 Å². The highest BCUT2D eigenvalue weighted by molar-refractivity contribution is 5.79. The van der Waals surface area contributed by atoms with E-state index >= 15 is 0 Å². The molecule has 3 N–H and O–H groups in total. The molecule has 0 aromatic carbocycles. The largest absolute Gasteiger partial charge is 0.468 e. The van der Waals surface area contributed by atoms with E-state index in [0.29, 0.717) is 4.57 Å². The molecule has 1 heterocycles. The number of esters is 1. The van der Waals surface area contributed by atoms with Gasteiger partial charge in [0.05, 0.1) is 13.7 Å². The number of nitrogens with zero attached hydrogens (tertiary/aromatic N) is 1. The van der Waals surface area contributed by atoms with Crippen LogP contribution in [0.25, 0.3) is 0 Å². The fourth-order valence-corrected chi connectivity index (χ4v) is 1.50. The summed E-state index contributed by atoms with van der Waals surface area (Å²) in [6, 6.07) is 0. The van der Waals surface area contributed by atoms with Crippen molar-refractivity contribution in [3.05, 3.63) is 32.9 Å². The Morgan fingerprint density at radius 1 is 1.60 bits per heavy atom. The molecule has 0 aliphatic rings. The van der Waals surface area contributed by atoms with Gasteiger partial charge in [-0.3, -0.25) is 4.79 Å². The molecule has 0 amide bonds. The van der Waals surface area contributed by atoms with Crippen molar-refractivity contribution in [2.45, 2.75) is 31.8 Å². The lowest BCUT2D eigenvalue weighted by atomic mass is 9.97. The topological polar surface area (TPSA) is 120 Å². The van der Waals surface area contributed by atoms with Gasteiger partial charge in [-0.25, -0.2) is 18.5 Å². The molecule has 0 aliphatic carbocycles. The lowest BCUT2D eigenvalue weighted by Gasteiger charge is -2.20. The Balaban J connectivity index is 2.62. The van der Waals surface area contributed by atoms with Crippen molar-refractivity contribution >= 4 is 5.97 Å². The number of carbonyl (C=O) groups excluding carboxylic acids is 1. The standard InChI is InChI=1S/C11H16FN3O5/c1-11(13,8(16)19-2)5-3-4-7(12)6-15-9(17)14-20-10(15)18/h4H,3,5-6,13H2,1-2H3,(H,14,17). The van der Waals surface area contributed by atoms with E-state index in [4.69, 9.17) is 5.73 Å². The number of H-pyrrole nitrogens is 1. The lowest BCUT2D eigenvalue weighted by Crippen LogP contribution is -2.45. The number of nitrogens with two attached hydrogens (primary N) is 1. The van der Waals surface area contributed by atoms with Crippen LogP contribution in [0.5, 0.6) is 0 Å². The molecule has 8 nitrogen and oxygen atoms in total. The van der Waals surface area contributed by atoms with Crippen molar-refractivity contribution in [2.24, 2.45) is 5.73 Å². The normalized spacial score (nSPS) is 14.9. The molecule has 112 valence electrons. The molecule has 0 saturated heterocycles. The number of nitrogens with one attached hydrogen (secondary N) is 1. The maximum Gasteiger partial charge on any atom is 0.442 e. The Morgan fingerprint density at radius 3 is 2.75 bits per heavy atom. The molecular formula is C11H16FN3O5. The van der Waals surface area contributed by atoms with Gasteiger partial charge in [-0.2, -0.15) is 5.16 Å². The Kier molecular flexibility index (Phi) is 5.03. The SMILES string of the molecule is COC(=O)C(C)(N)CCC=C(F)Cn1c(=O)[nH]oc1=O. The summed E-state index contributed by atoms with van der Waals surface area (Å²) in [6.07, 6.45) is 1.45. The minimum absolute atomic E-state index is 0.151. The second-order valence-electron chi connectivity index (χ2n) is 4.46. The van der Waals surface area contributed by atoms with Crippen LogP contribution in [0.4, 0.5) is 4.39 Å². The molecule has 1 atom stereocenters. The third-order valence-electron chi connectivity index (χ3n) is 2.68. The molecule has 0 fully saturated rings. The van der Waals surface area contributed by atoms with Gasteiger partial charge in [-0.1, -0.05) is 6.08 Å². The first kappa shape index (κ1) is 15.9. The average Bonchev–Trinajstić information content (AvgIpc) is 2.69. The molecule has 9 heteroatoms. The van der Waals surface area contributed by atoms with Gasteiger partial charge in [0.25, 0.3) is 0 Å². The number of methoxy groups -OCH3 is 1. The van der Waals surface area contributed by atoms with Gasteiger partial charge in [-0.05, 0) is 19.8 Å². The van der Waals surface area contributed by atoms with E-state index < -0.39 is 35.3 Å². The Hall–Kier alpha value is -2.16. The van der Waals surface area contributed by atoms with E-state index in [1.165, 1.54) is 14.0 Å². The Bertz CT molecular complexity index is 583. The number of allylic oxidation sites excluding steroid dienone is 2. The van der Waals surface area contributed by atoms with Gasteiger partial charge in [0, 0.05) is 0 Å². The molecule has 1 rings (SSSR count). The first-order valence-electron chi connectivity index (χ1n) is 5.78. The second kappa shape index (κ2) is 6.33. The summed E-state index contributed by atoms with van der Waals surface area (Å²) in [5.41, 5.74) is 3.63. The summed E-state index contributed by atoms with van der Waals surface area (Å²) in [5, 5.41) is 1.79. The van der Waals surface area contributed by atoms with E-state index in [9.17, 15) is 18.8 Å². The Labute approximate surface area is 113 Å². The molecule has 1 aromatic rings. The maximum atomic E-state index is 13.5. The fourth-order valence-electron chi connectivity index (χ4n) is 1.50. The number of carbonyl (C=O) groups is 1. The highest BCUT2D eigenvalue weighted by atomic mass is 19.1. The van der Waals surface area contributed by atoms with Crippen molar-refractivity contribution in [1.29, 1.82) is 0 Å². The van der Waals surface area contributed by atoms with Crippen LogP contribution in [0.15, 0.2) is 26.0 Å². The summed E-state index contributed by atoms with van der Waals surface area (Å²) in [5.74, 6) is -2.29. The van der Waals surface area contributed by atoms with Crippen molar-refractivity contribution in [1.82, 2.24) is 9.72 Å². The number of hydrogen-bond acceptors (Lipinski definition) is 6. The molecule has 0 radical (unpaired) electrons. The second-order valence-corrected chi connectivity index (χ2v) is 4.46. The van der Waals surface area contributed by atoms with Crippen LogP contribution in [0, 0.1) is 0 Å². The van der Waals surface area contributed by atoms with Crippen LogP contribution in [0.3, 0.4) is 0 Å². The van der Waals surface area contributed by atoms with Crippen LogP contribution in [0.2, 0.25) is 0 Å². The summed E-state index contributed by atoms with van der Waals surface area (Å²) in [4.78, 5) is 33.4. The van der Waals surface area contributed by atoms with Crippen molar-refractivity contribution in [2.75, 3.05) is 7.11 Å². The molecule has 0 saturated carbocycles. The highest BCUT2D eigenvalue weighted by Gasteiger charge is 2.28. The summed E-state index contributed by atoms with van der Waals surface area (Å²) in [7, 11) is 1.21. The fraction of sp³-hybridized carbons (Fsp3) is 0.545. The van der Waals surface area contributed by atoms with E-state index in [-0.39, 0.29) is 12.8 Å². The molecule has 0 aliphatic heterocycles. The monoisotopic (exact) mass is 289 g/mol. The van der Waals surface area contributed by atoms with E-state index in [2.05, 4.69) is 9.26 Å². The zero-order valence-electron chi connectivity index (χ0n) is 11.1. The quantitative estimate of drug-likeness (QED) is 0.691.